The molecule has 0 aliphatic heterocycles. The van der Waals surface area contributed by atoms with Crippen molar-refractivity contribution in [1.29, 1.82) is 0 Å². The molecule has 0 heterocycles. The Bertz CT molecular complexity index is 603. The highest BCUT2D eigenvalue weighted by molar-refractivity contribution is 7.99. The third-order valence-corrected chi connectivity index (χ3v) is 4.62. The highest BCUT2D eigenvalue weighted by atomic mass is 35.5. The molecule has 2 aromatic rings. The zero-order valence-electron chi connectivity index (χ0n) is 12.4. The van der Waals surface area contributed by atoms with Gasteiger partial charge >= 0.3 is 0 Å². The Kier molecular flexibility index (Phi) is 5.61. The van der Waals surface area contributed by atoms with E-state index in [0.29, 0.717) is 0 Å². The number of benzene rings is 2. The van der Waals surface area contributed by atoms with E-state index in [4.69, 9.17) is 23.2 Å². The summed E-state index contributed by atoms with van der Waals surface area (Å²) in [4.78, 5) is 2.18. The van der Waals surface area contributed by atoms with Gasteiger partial charge in [0.1, 0.15) is 0 Å². The van der Waals surface area contributed by atoms with Gasteiger partial charge in [-0.15, -0.1) is 0 Å². The monoisotopic (exact) mass is 339 g/mol. The van der Waals surface area contributed by atoms with Gasteiger partial charge in [-0.3, -0.25) is 0 Å². The first-order valence-corrected chi connectivity index (χ1v) is 8.38. The standard InChI is InChI=1S/C17H19Cl2NS/c1-17(2,3)20-11-12-4-9-16(15(19)10-12)21-14-7-5-13(18)6-8-14/h4-10,20H,11H2,1-3H3. The predicted molar refractivity (Wildman–Crippen MR) is 93.6 cm³/mol. The fraction of sp³-hybridized carbons (Fsp3) is 0.294. The van der Waals surface area contributed by atoms with Gasteiger partial charge in [0.15, 0.2) is 0 Å². The first-order valence-electron chi connectivity index (χ1n) is 6.80. The van der Waals surface area contributed by atoms with Gasteiger partial charge < -0.3 is 5.32 Å². The van der Waals surface area contributed by atoms with Crippen molar-refractivity contribution >= 4 is 35.0 Å². The molecule has 0 fully saturated rings. The van der Waals surface area contributed by atoms with Crippen LogP contribution in [0.1, 0.15) is 26.3 Å². The van der Waals surface area contributed by atoms with Crippen molar-refractivity contribution in [2.75, 3.05) is 0 Å². The fourth-order valence-electron chi connectivity index (χ4n) is 1.73. The lowest BCUT2D eigenvalue weighted by molar-refractivity contribution is 0.424. The first-order chi connectivity index (χ1) is 9.83. The van der Waals surface area contributed by atoms with Crippen LogP contribution < -0.4 is 5.32 Å². The zero-order valence-corrected chi connectivity index (χ0v) is 14.7. The molecule has 0 aliphatic carbocycles. The molecular weight excluding hydrogens is 321 g/mol. The highest BCUT2D eigenvalue weighted by Crippen LogP contribution is 2.34. The van der Waals surface area contributed by atoms with Gasteiger partial charge in [-0.05, 0) is 62.7 Å². The van der Waals surface area contributed by atoms with Crippen LogP contribution in [0.25, 0.3) is 0 Å². The van der Waals surface area contributed by atoms with Gasteiger partial charge in [0.25, 0.3) is 0 Å². The third-order valence-electron chi connectivity index (χ3n) is 2.86. The Labute approximate surface area is 141 Å². The number of nitrogens with one attached hydrogen (secondary N) is 1. The van der Waals surface area contributed by atoms with E-state index in [-0.39, 0.29) is 5.54 Å². The average molecular weight is 340 g/mol. The van der Waals surface area contributed by atoms with Crippen molar-refractivity contribution in [3.8, 4) is 0 Å². The Morgan fingerprint density at radius 3 is 2.24 bits per heavy atom. The largest absolute Gasteiger partial charge is 0.308 e. The molecule has 4 heteroatoms. The van der Waals surface area contributed by atoms with Crippen LogP contribution in [0.15, 0.2) is 52.3 Å². The van der Waals surface area contributed by atoms with Gasteiger partial charge in [0.05, 0.1) is 5.02 Å². The Hall–Kier alpha value is -0.670. The Balaban J connectivity index is 2.07. The van der Waals surface area contributed by atoms with Crippen LogP contribution in [0, 0.1) is 0 Å². The molecule has 2 rings (SSSR count). The van der Waals surface area contributed by atoms with Gasteiger partial charge in [-0.25, -0.2) is 0 Å². The van der Waals surface area contributed by atoms with Crippen LogP contribution in [-0.2, 0) is 6.54 Å². The zero-order chi connectivity index (χ0) is 15.5. The topological polar surface area (TPSA) is 12.0 Å². The molecule has 0 bridgehead atoms. The fourth-order valence-corrected chi connectivity index (χ4v) is 3.00. The van der Waals surface area contributed by atoms with Gasteiger partial charge in [-0.1, -0.05) is 41.0 Å². The maximum Gasteiger partial charge on any atom is 0.0548 e. The summed E-state index contributed by atoms with van der Waals surface area (Å²) in [5, 5.41) is 4.99. The quantitative estimate of drug-likeness (QED) is 0.729. The van der Waals surface area contributed by atoms with Crippen LogP contribution >= 0.6 is 35.0 Å². The minimum Gasteiger partial charge on any atom is -0.308 e. The number of halogens is 2. The minimum absolute atomic E-state index is 0.100. The molecule has 0 saturated carbocycles. The maximum atomic E-state index is 6.39. The van der Waals surface area contributed by atoms with E-state index in [1.165, 1.54) is 5.56 Å². The molecule has 1 N–H and O–H groups in total. The van der Waals surface area contributed by atoms with Crippen molar-refractivity contribution in [3.63, 3.8) is 0 Å². The second-order valence-corrected chi connectivity index (χ2v) is 7.88. The molecule has 0 radical (unpaired) electrons. The van der Waals surface area contributed by atoms with Crippen molar-refractivity contribution in [1.82, 2.24) is 5.32 Å². The molecule has 0 spiro atoms. The number of rotatable bonds is 4. The molecule has 0 aromatic heterocycles. The molecule has 0 atom stereocenters. The summed E-state index contributed by atoms with van der Waals surface area (Å²) in [7, 11) is 0. The van der Waals surface area contributed by atoms with E-state index >= 15 is 0 Å². The smallest absolute Gasteiger partial charge is 0.0548 e. The molecular formula is C17H19Cl2NS. The number of hydrogen-bond acceptors (Lipinski definition) is 2. The molecule has 21 heavy (non-hydrogen) atoms. The van der Waals surface area contributed by atoms with Crippen LogP contribution in [0.2, 0.25) is 10.0 Å². The summed E-state index contributed by atoms with van der Waals surface area (Å²) in [5.41, 5.74) is 1.29. The first kappa shape index (κ1) is 16.7. The van der Waals surface area contributed by atoms with Crippen molar-refractivity contribution in [3.05, 3.63) is 58.1 Å². The minimum atomic E-state index is 0.100. The summed E-state index contributed by atoms with van der Waals surface area (Å²) in [6.45, 7) is 7.27. The van der Waals surface area contributed by atoms with E-state index in [0.717, 1.165) is 26.4 Å². The van der Waals surface area contributed by atoms with Gasteiger partial charge in [0.2, 0.25) is 0 Å². The Morgan fingerprint density at radius 2 is 1.67 bits per heavy atom. The molecule has 0 unspecified atom stereocenters. The second kappa shape index (κ2) is 7.06. The maximum absolute atomic E-state index is 6.39. The van der Waals surface area contributed by atoms with Crippen LogP contribution in [0.5, 0.6) is 0 Å². The van der Waals surface area contributed by atoms with Crippen molar-refractivity contribution in [2.45, 2.75) is 42.6 Å². The summed E-state index contributed by atoms with van der Waals surface area (Å²) < 4.78 is 0. The average Bonchev–Trinajstić information content (AvgIpc) is 2.41. The Morgan fingerprint density at radius 1 is 1.00 bits per heavy atom. The normalized spacial score (nSPS) is 11.7. The third kappa shape index (κ3) is 5.55. The molecule has 1 nitrogen and oxygen atoms in total. The van der Waals surface area contributed by atoms with Crippen LogP contribution in [0.3, 0.4) is 0 Å². The molecule has 0 aliphatic rings. The van der Waals surface area contributed by atoms with E-state index in [2.05, 4.69) is 38.2 Å². The molecule has 112 valence electrons. The number of hydrogen-bond donors (Lipinski definition) is 1. The lowest BCUT2D eigenvalue weighted by Gasteiger charge is -2.20. The highest BCUT2D eigenvalue weighted by Gasteiger charge is 2.09. The molecule has 0 saturated heterocycles. The summed E-state index contributed by atoms with van der Waals surface area (Å²) in [6, 6.07) is 14.0. The lowest BCUT2D eigenvalue weighted by atomic mass is 10.1. The van der Waals surface area contributed by atoms with Crippen molar-refractivity contribution in [2.24, 2.45) is 0 Å². The van der Waals surface area contributed by atoms with Crippen LogP contribution in [-0.4, -0.2) is 5.54 Å². The summed E-state index contributed by atoms with van der Waals surface area (Å²) in [5.74, 6) is 0. The SMILES string of the molecule is CC(C)(C)NCc1ccc(Sc2ccc(Cl)cc2)c(Cl)c1. The van der Waals surface area contributed by atoms with Gasteiger partial charge in [-0.2, -0.15) is 0 Å². The van der Waals surface area contributed by atoms with E-state index in [1.54, 1.807) is 11.8 Å². The summed E-state index contributed by atoms with van der Waals surface area (Å²) in [6.07, 6.45) is 0. The van der Waals surface area contributed by atoms with Gasteiger partial charge in [0, 0.05) is 26.9 Å². The van der Waals surface area contributed by atoms with E-state index in [1.807, 2.05) is 30.3 Å². The van der Waals surface area contributed by atoms with E-state index < -0.39 is 0 Å². The second-order valence-electron chi connectivity index (χ2n) is 5.92. The van der Waals surface area contributed by atoms with Crippen LogP contribution in [0.4, 0.5) is 0 Å². The predicted octanol–water partition coefficient (Wildman–Crippen LogP) is 6.03. The lowest BCUT2D eigenvalue weighted by Crippen LogP contribution is -2.35. The molecule has 2 aromatic carbocycles. The summed E-state index contributed by atoms with van der Waals surface area (Å²) >= 11 is 13.9. The van der Waals surface area contributed by atoms with Crippen molar-refractivity contribution < 1.29 is 0 Å². The van der Waals surface area contributed by atoms with E-state index in [9.17, 15) is 0 Å². The molecule has 0 amide bonds.